The van der Waals surface area contributed by atoms with Gasteiger partial charge in [-0.3, -0.25) is 0 Å². The molecular weight excluding hydrogens is 160 g/mol. The lowest BCUT2D eigenvalue weighted by Gasteiger charge is -2.18. The molecule has 1 rings (SSSR count). The van der Waals surface area contributed by atoms with Crippen molar-refractivity contribution in [2.45, 2.75) is 26.2 Å². The number of rotatable bonds is 4. The number of hydrogen-bond acceptors (Lipinski definition) is 1. The lowest BCUT2D eigenvalue weighted by atomic mass is 9.87. The zero-order valence-electron chi connectivity index (χ0n) is 8.83. The number of hydrogen-bond donors (Lipinski definition) is 1. The molecule has 0 aromatic carbocycles. The van der Waals surface area contributed by atoms with Gasteiger partial charge in [-0.2, -0.15) is 0 Å². The summed E-state index contributed by atoms with van der Waals surface area (Å²) in [5.41, 5.74) is 7.02. The molecule has 0 aliphatic rings. The molecule has 74 valence electrons. The van der Waals surface area contributed by atoms with Crippen LogP contribution in [0.1, 0.15) is 31.7 Å². The van der Waals surface area contributed by atoms with Crippen LogP contribution in [0.4, 0.5) is 0 Å². The molecule has 0 saturated heterocycles. The van der Waals surface area contributed by atoms with Crippen LogP contribution in [0.5, 0.6) is 0 Å². The maximum absolute atomic E-state index is 5.60. The van der Waals surface area contributed by atoms with Gasteiger partial charge < -0.3 is 10.3 Å². The Hall–Kier alpha value is -0.760. The Morgan fingerprint density at radius 2 is 2.15 bits per heavy atom. The number of aromatic nitrogens is 1. The molecule has 1 aromatic heterocycles. The number of nitrogens with two attached hydrogens (primary N) is 1. The maximum Gasteiger partial charge on any atom is 0.0106 e. The molecule has 1 unspecified atom stereocenters. The third-order valence-corrected chi connectivity index (χ3v) is 2.57. The van der Waals surface area contributed by atoms with Gasteiger partial charge in [-0.15, -0.1) is 0 Å². The van der Waals surface area contributed by atoms with Crippen molar-refractivity contribution in [3.05, 3.63) is 24.0 Å². The molecule has 0 amide bonds. The summed E-state index contributed by atoms with van der Waals surface area (Å²) in [5, 5.41) is 0. The van der Waals surface area contributed by atoms with Crippen molar-refractivity contribution in [1.29, 1.82) is 0 Å². The summed E-state index contributed by atoms with van der Waals surface area (Å²) in [7, 11) is 2.06. The second-order valence-electron chi connectivity index (χ2n) is 4.04. The predicted octanol–water partition coefficient (Wildman–Crippen LogP) is 2.11. The molecule has 2 N–H and O–H groups in total. The molecule has 0 radical (unpaired) electrons. The highest BCUT2D eigenvalue weighted by atomic mass is 14.9. The Balaban J connectivity index is 2.75. The largest absolute Gasteiger partial charge is 0.357 e. The van der Waals surface area contributed by atoms with Crippen molar-refractivity contribution in [1.82, 2.24) is 4.57 Å². The molecule has 0 spiro atoms. The Morgan fingerprint density at radius 3 is 2.54 bits per heavy atom. The summed E-state index contributed by atoms with van der Waals surface area (Å²) in [6.45, 7) is 5.29. The van der Waals surface area contributed by atoms with Gasteiger partial charge in [0.15, 0.2) is 0 Å². The van der Waals surface area contributed by atoms with Gasteiger partial charge in [0, 0.05) is 19.4 Å². The van der Waals surface area contributed by atoms with Crippen LogP contribution in [-0.4, -0.2) is 11.1 Å². The van der Waals surface area contributed by atoms with Gasteiger partial charge in [-0.05, 0) is 36.4 Å². The minimum Gasteiger partial charge on any atom is -0.357 e. The predicted molar refractivity (Wildman–Crippen MR) is 56.7 cm³/mol. The summed E-state index contributed by atoms with van der Waals surface area (Å²) in [6, 6.07) is 2.19. The van der Waals surface area contributed by atoms with Gasteiger partial charge in [0.25, 0.3) is 0 Å². The van der Waals surface area contributed by atoms with Crippen LogP contribution in [0.2, 0.25) is 0 Å². The fourth-order valence-corrected chi connectivity index (χ4v) is 1.81. The van der Waals surface area contributed by atoms with Crippen LogP contribution < -0.4 is 5.73 Å². The zero-order chi connectivity index (χ0) is 9.84. The van der Waals surface area contributed by atoms with Gasteiger partial charge in [0.05, 0.1) is 0 Å². The molecular formula is C11H20N2. The van der Waals surface area contributed by atoms with Crippen LogP contribution in [-0.2, 0) is 7.05 Å². The number of aryl methyl sites for hydroxylation is 1. The molecule has 2 heteroatoms. The molecule has 13 heavy (non-hydrogen) atoms. The Morgan fingerprint density at radius 1 is 1.46 bits per heavy atom. The second kappa shape index (κ2) is 4.47. The number of nitrogens with zero attached hydrogens (tertiary/aromatic N) is 1. The molecule has 0 bridgehead atoms. The first-order valence-corrected chi connectivity index (χ1v) is 4.97. The van der Waals surface area contributed by atoms with Crippen LogP contribution in [0.3, 0.4) is 0 Å². The second-order valence-corrected chi connectivity index (χ2v) is 4.04. The first-order chi connectivity index (χ1) is 6.15. The van der Waals surface area contributed by atoms with E-state index in [2.05, 4.69) is 43.9 Å². The zero-order valence-corrected chi connectivity index (χ0v) is 8.83. The van der Waals surface area contributed by atoms with Gasteiger partial charge in [0.2, 0.25) is 0 Å². The van der Waals surface area contributed by atoms with Crippen molar-refractivity contribution in [3.8, 4) is 0 Å². The Bertz CT molecular complexity index is 250. The standard InChI is InChI=1S/C11H20N2/c1-9(2)11(4-6-12)10-5-7-13(3)8-10/h5,7-9,11H,4,6,12H2,1-3H3. The Kier molecular flexibility index (Phi) is 3.55. The monoisotopic (exact) mass is 180 g/mol. The molecule has 1 heterocycles. The highest BCUT2D eigenvalue weighted by molar-refractivity contribution is 5.16. The minimum atomic E-state index is 0.617. The van der Waals surface area contributed by atoms with E-state index in [1.807, 2.05) is 0 Å². The van der Waals surface area contributed by atoms with Crippen LogP contribution in [0.15, 0.2) is 18.5 Å². The Labute approximate surface area is 80.7 Å². The quantitative estimate of drug-likeness (QED) is 0.756. The third-order valence-electron chi connectivity index (χ3n) is 2.57. The summed E-state index contributed by atoms with van der Waals surface area (Å²) in [5.74, 6) is 1.29. The summed E-state index contributed by atoms with van der Waals surface area (Å²) in [6.07, 6.45) is 5.38. The van der Waals surface area contributed by atoms with E-state index >= 15 is 0 Å². The summed E-state index contributed by atoms with van der Waals surface area (Å²) >= 11 is 0. The van der Waals surface area contributed by atoms with Crippen molar-refractivity contribution in [2.24, 2.45) is 18.7 Å². The third kappa shape index (κ3) is 2.59. The van der Waals surface area contributed by atoms with Gasteiger partial charge in [-0.1, -0.05) is 13.8 Å². The normalized spacial score (nSPS) is 13.6. The molecule has 1 aromatic rings. The lowest BCUT2D eigenvalue weighted by Crippen LogP contribution is -2.12. The topological polar surface area (TPSA) is 30.9 Å². The van der Waals surface area contributed by atoms with E-state index in [1.54, 1.807) is 0 Å². The fourth-order valence-electron chi connectivity index (χ4n) is 1.81. The van der Waals surface area contributed by atoms with Gasteiger partial charge in [0.1, 0.15) is 0 Å². The van der Waals surface area contributed by atoms with E-state index in [4.69, 9.17) is 5.73 Å². The first kappa shape index (κ1) is 10.3. The van der Waals surface area contributed by atoms with E-state index in [0.717, 1.165) is 13.0 Å². The molecule has 1 atom stereocenters. The van der Waals surface area contributed by atoms with Crippen molar-refractivity contribution >= 4 is 0 Å². The smallest absolute Gasteiger partial charge is 0.0106 e. The van der Waals surface area contributed by atoms with Gasteiger partial charge >= 0.3 is 0 Å². The highest BCUT2D eigenvalue weighted by Crippen LogP contribution is 2.27. The average Bonchev–Trinajstić information content (AvgIpc) is 2.46. The maximum atomic E-state index is 5.60. The SMILES string of the molecule is CC(C)C(CCN)c1ccn(C)c1. The average molecular weight is 180 g/mol. The van der Waals surface area contributed by atoms with Crippen LogP contribution in [0.25, 0.3) is 0 Å². The molecule has 2 nitrogen and oxygen atoms in total. The van der Waals surface area contributed by atoms with Crippen LogP contribution >= 0.6 is 0 Å². The molecule has 0 aliphatic carbocycles. The molecule has 0 aliphatic heterocycles. The first-order valence-electron chi connectivity index (χ1n) is 4.97. The fraction of sp³-hybridized carbons (Fsp3) is 0.636. The van der Waals surface area contributed by atoms with Crippen molar-refractivity contribution in [3.63, 3.8) is 0 Å². The van der Waals surface area contributed by atoms with E-state index in [-0.39, 0.29) is 0 Å². The van der Waals surface area contributed by atoms with Crippen molar-refractivity contribution in [2.75, 3.05) is 6.54 Å². The summed E-state index contributed by atoms with van der Waals surface area (Å²) < 4.78 is 2.10. The lowest BCUT2D eigenvalue weighted by molar-refractivity contribution is 0.473. The molecule has 0 saturated carbocycles. The van der Waals surface area contributed by atoms with E-state index in [0.29, 0.717) is 11.8 Å². The van der Waals surface area contributed by atoms with E-state index in [9.17, 15) is 0 Å². The van der Waals surface area contributed by atoms with E-state index < -0.39 is 0 Å². The van der Waals surface area contributed by atoms with E-state index in [1.165, 1.54) is 5.56 Å². The highest BCUT2D eigenvalue weighted by Gasteiger charge is 2.15. The minimum absolute atomic E-state index is 0.617. The van der Waals surface area contributed by atoms with Crippen LogP contribution in [0, 0.1) is 5.92 Å². The van der Waals surface area contributed by atoms with Gasteiger partial charge in [-0.25, -0.2) is 0 Å². The molecule has 0 fully saturated rings. The summed E-state index contributed by atoms with van der Waals surface area (Å²) in [4.78, 5) is 0. The van der Waals surface area contributed by atoms with Crippen molar-refractivity contribution < 1.29 is 0 Å².